The number of fused-ring (bicyclic) bond motifs is 1. The molecule has 15 nitrogen and oxygen atoms in total. The van der Waals surface area contributed by atoms with Crippen LogP contribution in [-0.4, -0.2) is 129 Å². The van der Waals surface area contributed by atoms with E-state index in [2.05, 4.69) is 10.3 Å². The second-order valence-corrected chi connectivity index (χ2v) is 10.4. The minimum absolute atomic E-state index is 0.00223. The number of aromatic amines is 1. The smallest absolute Gasteiger partial charge is 0.317 e. The van der Waals surface area contributed by atoms with Gasteiger partial charge in [-0.05, 0) is 29.7 Å². The van der Waals surface area contributed by atoms with Gasteiger partial charge in [0.25, 0.3) is 0 Å². The van der Waals surface area contributed by atoms with Crippen molar-refractivity contribution in [1.29, 1.82) is 0 Å². The van der Waals surface area contributed by atoms with Gasteiger partial charge < -0.3 is 30.7 Å². The molecule has 0 bridgehead atoms. The van der Waals surface area contributed by atoms with E-state index in [-0.39, 0.29) is 38.3 Å². The first-order valence-electron chi connectivity index (χ1n) is 13.9. The Kier molecular flexibility index (Phi) is 12.7. The summed E-state index contributed by atoms with van der Waals surface area (Å²) in [6.07, 6.45) is 0.535. The maximum absolute atomic E-state index is 12.9. The third kappa shape index (κ3) is 12.2. The van der Waals surface area contributed by atoms with Gasteiger partial charge in [-0.2, -0.15) is 0 Å². The Labute approximate surface area is 257 Å². The average molecular weight is 626 g/mol. The van der Waals surface area contributed by atoms with Crippen LogP contribution in [0.3, 0.4) is 0 Å². The molecule has 3 aromatic rings. The number of carbonyl (C=O) groups excluding carboxylic acids is 1. The van der Waals surface area contributed by atoms with Crippen LogP contribution in [0.5, 0.6) is 0 Å². The molecule has 0 aliphatic carbocycles. The lowest BCUT2D eigenvalue weighted by Gasteiger charge is -2.27. The second kappa shape index (κ2) is 16.7. The molecule has 240 valence electrons. The SMILES string of the molecule is O=C(O)CN(CCN(CC(=O)O)CC(=O)O)CCN(CC(=O)O)CC(=O)Nc1ccc2c(Cc3ccccc3)cc(=O)[nH]c2c1. The van der Waals surface area contributed by atoms with Crippen molar-refractivity contribution in [3.63, 3.8) is 0 Å². The minimum atomic E-state index is -1.25. The van der Waals surface area contributed by atoms with Crippen LogP contribution in [0.25, 0.3) is 10.9 Å². The van der Waals surface area contributed by atoms with Crippen molar-refractivity contribution < 1.29 is 44.4 Å². The number of benzene rings is 2. The van der Waals surface area contributed by atoms with Crippen molar-refractivity contribution in [2.24, 2.45) is 0 Å². The first-order valence-corrected chi connectivity index (χ1v) is 13.9. The Balaban J connectivity index is 1.67. The normalized spacial score (nSPS) is 11.3. The summed E-state index contributed by atoms with van der Waals surface area (Å²) in [7, 11) is 0. The lowest BCUT2D eigenvalue weighted by molar-refractivity contribution is -0.143. The molecule has 3 rings (SSSR count). The number of aromatic nitrogens is 1. The van der Waals surface area contributed by atoms with Crippen LogP contribution in [0.15, 0.2) is 59.4 Å². The maximum Gasteiger partial charge on any atom is 0.317 e. The molecular formula is C30H35N5O10. The Morgan fingerprint density at radius 1 is 0.644 bits per heavy atom. The number of nitrogens with zero attached hydrogens (tertiary/aromatic N) is 3. The number of aliphatic carboxylic acids is 4. The van der Waals surface area contributed by atoms with E-state index in [9.17, 15) is 39.0 Å². The molecule has 0 fully saturated rings. The van der Waals surface area contributed by atoms with Crippen LogP contribution in [-0.2, 0) is 30.4 Å². The number of carbonyl (C=O) groups is 5. The van der Waals surface area contributed by atoms with E-state index in [1.165, 1.54) is 15.9 Å². The van der Waals surface area contributed by atoms with Gasteiger partial charge in [0, 0.05) is 43.3 Å². The van der Waals surface area contributed by atoms with Crippen molar-refractivity contribution >= 4 is 46.4 Å². The molecule has 0 spiro atoms. The van der Waals surface area contributed by atoms with Crippen LogP contribution in [0.4, 0.5) is 5.69 Å². The molecule has 0 unspecified atom stereocenters. The van der Waals surface area contributed by atoms with Crippen LogP contribution in [0.1, 0.15) is 11.1 Å². The third-order valence-electron chi connectivity index (χ3n) is 6.72. The topological polar surface area (TPSA) is 221 Å². The summed E-state index contributed by atoms with van der Waals surface area (Å²) < 4.78 is 0. The summed E-state index contributed by atoms with van der Waals surface area (Å²) in [5.74, 6) is -5.44. The number of pyridine rings is 1. The number of hydrogen-bond donors (Lipinski definition) is 6. The molecule has 0 radical (unpaired) electrons. The van der Waals surface area contributed by atoms with Crippen molar-refractivity contribution in [2.45, 2.75) is 6.42 Å². The third-order valence-corrected chi connectivity index (χ3v) is 6.72. The zero-order valence-electron chi connectivity index (χ0n) is 24.3. The number of rotatable bonds is 19. The number of carboxylic acids is 4. The quantitative estimate of drug-likeness (QED) is 0.106. The van der Waals surface area contributed by atoms with E-state index < -0.39 is 56.0 Å². The first kappa shape index (κ1) is 34.4. The first-order chi connectivity index (χ1) is 21.4. The molecule has 0 saturated heterocycles. The van der Waals surface area contributed by atoms with E-state index in [0.29, 0.717) is 17.6 Å². The molecular weight excluding hydrogens is 590 g/mol. The fraction of sp³-hybridized carbons (Fsp3) is 0.333. The number of nitrogens with one attached hydrogen (secondary N) is 2. The highest BCUT2D eigenvalue weighted by Gasteiger charge is 2.20. The summed E-state index contributed by atoms with van der Waals surface area (Å²) in [5, 5.41) is 40.3. The highest BCUT2D eigenvalue weighted by atomic mass is 16.4. The van der Waals surface area contributed by atoms with Crippen LogP contribution >= 0.6 is 0 Å². The molecule has 45 heavy (non-hydrogen) atoms. The fourth-order valence-electron chi connectivity index (χ4n) is 4.80. The highest BCUT2D eigenvalue weighted by Crippen LogP contribution is 2.22. The van der Waals surface area contributed by atoms with E-state index in [1.54, 1.807) is 18.2 Å². The average Bonchev–Trinajstić information content (AvgIpc) is 2.93. The number of H-pyrrole nitrogens is 1. The van der Waals surface area contributed by atoms with Gasteiger partial charge in [0.05, 0.1) is 38.2 Å². The Bertz CT molecular complexity index is 1560. The van der Waals surface area contributed by atoms with Crippen molar-refractivity contribution in [1.82, 2.24) is 19.7 Å². The molecule has 0 saturated carbocycles. The van der Waals surface area contributed by atoms with Crippen LogP contribution < -0.4 is 10.9 Å². The molecule has 0 aliphatic rings. The Morgan fingerprint density at radius 3 is 1.71 bits per heavy atom. The molecule has 1 aromatic heterocycles. The zero-order valence-corrected chi connectivity index (χ0v) is 24.3. The summed E-state index contributed by atoms with van der Waals surface area (Å²) in [5.41, 5.74) is 2.42. The predicted octanol–water partition coefficient (Wildman–Crippen LogP) is 0.302. The summed E-state index contributed by atoms with van der Waals surface area (Å²) in [6, 6.07) is 16.2. The molecule has 0 atom stereocenters. The van der Waals surface area contributed by atoms with Crippen molar-refractivity contribution in [3.05, 3.63) is 76.1 Å². The zero-order chi connectivity index (χ0) is 32.9. The van der Waals surface area contributed by atoms with E-state index in [4.69, 9.17) is 10.2 Å². The Hall–Kier alpha value is -5.12. The lowest BCUT2D eigenvalue weighted by Crippen LogP contribution is -2.46. The highest BCUT2D eigenvalue weighted by molar-refractivity contribution is 5.95. The van der Waals surface area contributed by atoms with Gasteiger partial charge in [-0.25, -0.2) is 0 Å². The summed E-state index contributed by atoms with van der Waals surface area (Å²) in [4.78, 5) is 76.9. The predicted molar refractivity (Wildman–Crippen MR) is 162 cm³/mol. The fourth-order valence-corrected chi connectivity index (χ4v) is 4.80. The Morgan fingerprint density at radius 2 is 1.16 bits per heavy atom. The molecule has 15 heteroatoms. The monoisotopic (exact) mass is 625 g/mol. The largest absolute Gasteiger partial charge is 0.480 e. The number of hydrogen-bond acceptors (Lipinski definition) is 9. The number of carboxylic acid groups (broad SMARTS) is 4. The maximum atomic E-state index is 12.9. The van der Waals surface area contributed by atoms with Gasteiger partial charge in [-0.1, -0.05) is 36.4 Å². The summed E-state index contributed by atoms with van der Waals surface area (Å²) >= 11 is 0. The molecule has 2 aromatic carbocycles. The number of amides is 1. The van der Waals surface area contributed by atoms with Gasteiger partial charge in [0.1, 0.15) is 0 Å². The standard InChI is InChI=1S/C30H35N5O10/c36-25-13-21(12-20-4-2-1-3-5-20)23-7-6-22(14-24(23)32-25)31-26(37)15-34(17-28(40)41)10-8-33(16-27(38)39)9-11-35(18-29(42)43)19-30(44)45/h1-7,13-14H,8-12,15-19H2,(H,31,37)(H,32,36)(H,38,39)(H,40,41)(H,42,43)(H,44,45). The minimum Gasteiger partial charge on any atom is -0.480 e. The molecule has 1 amide bonds. The lowest BCUT2D eigenvalue weighted by atomic mass is 10.0. The van der Waals surface area contributed by atoms with Crippen LogP contribution in [0.2, 0.25) is 0 Å². The summed E-state index contributed by atoms with van der Waals surface area (Å²) in [6.45, 7) is -2.56. The van der Waals surface area contributed by atoms with Gasteiger partial charge in [-0.3, -0.25) is 43.5 Å². The van der Waals surface area contributed by atoms with Gasteiger partial charge in [-0.15, -0.1) is 0 Å². The van der Waals surface area contributed by atoms with Crippen molar-refractivity contribution in [2.75, 3.05) is 64.2 Å². The van der Waals surface area contributed by atoms with E-state index in [1.807, 2.05) is 30.3 Å². The van der Waals surface area contributed by atoms with E-state index in [0.717, 1.165) is 21.4 Å². The van der Waals surface area contributed by atoms with E-state index >= 15 is 0 Å². The molecule has 0 aliphatic heterocycles. The van der Waals surface area contributed by atoms with Gasteiger partial charge >= 0.3 is 23.9 Å². The van der Waals surface area contributed by atoms with Gasteiger partial charge in [0.15, 0.2) is 0 Å². The second-order valence-electron chi connectivity index (χ2n) is 10.4. The van der Waals surface area contributed by atoms with Crippen molar-refractivity contribution in [3.8, 4) is 0 Å². The molecule has 1 heterocycles. The number of anilines is 1. The van der Waals surface area contributed by atoms with Gasteiger partial charge in [0.2, 0.25) is 11.5 Å². The molecule has 6 N–H and O–H groups in total. The van der Waals surface area contributed by atoms with Crippen LogP contribution in [0, 0.1) is 0 Å².